The van der Waals surface area contributed by atoms with Crippen LogP contribution in [0.15, 0.2) is 60.2 Å². The Bertz CT molecular complexity index is 579. The van der Waals surface area contributed by atoms with Gasteiger partial charge in [0.2, 0.25) is 5.52 Å². The van der Waals surface area contributed by atoms with Crippen LogP contribution in [0.3, 0.4) is 0 Å². The third kappa shape index (κ3) is 1.43. The van der Waals surface area contributed by atoms with Crippen molar-refractivity contribution in [3.8, 4) is 10.4 Å². The largest absolute Gasteiger partial charge is 0.219 e. The van der Waals surface area contributed by atoms with Crippen LogP contribution in [0.1, 0.15) is 0 Å². The fourth-order valence-electron chi connectivity index (χ4n) is 1.77. The number of pyridine rings is 2. The van der Waals surface area contributed by atoms with E-state index in [-0.39, 0.29) is 0 Å². The number of hydrogen-bond acceptors (Lipinski definition) is 1. The first kappa shape index (κ1) is 8.62. The molecule has 0 radical (unpaired) electrons. The van der Waals surface area contributed by atoms with E-state index in [0.717, 1.165) is 0 Å². The summed E-state index contributed by atoms with van der Waals surface area (Å²) in [6.07, 6.45) is 4.15. The molecule has 0 saturated carbocycles. The third-order valence-corrected chi connectivity index (χ3v) is 3.37. The predicted molar refractivity (Wildman–Crippen MR) is 62.9 cm³/mol. The molecule has 0 atom stereocenters. The molecule has 3 rings (SSSR count). The standard InChI is InChI=1S/C13H10NS/c1-2-8-14-9-3-5-11(12(14)6-1)13-7-4-10-15-13/h1-10H/q+1. The van der Waals surface area contributed by atoms with E-state index >= 15 is 0 Å². The maximum absolute atomic E-state index is 2.17. The lowest BCUT2D eigenvalue weighted by atomic mass is 10.2. The van der Waals surface area contributed by atoms with E-state index in [2.05, 4.69) is 58.6 Å². The Morgan fingerprint density at radius 2 is 1.80 bits per heavy atom. The maximum atomic E-state index is 2.17. The molecule has 0 fully saturated rings. The van der Waals surface area contributed by atoms with Gasteiger partial charge in [-0.1, -0.05) is 6.07 Å². The van der Waals surface area contributed by atoms with Gasteiger partial charge in [0.25, 0.3) is 0 Å². The average Bonchev–Trinajstić information content (AvgIpc) is 2.82. The van der Waals surface area contributed by atoms with Crippen molar-refractivity contribution in [3.05, 3.63) is 60.2 Å². The van der Waals surface area contributed by atoms with Gasteiger partial charge >= 0.3 is 0 Å². The summed E-state index contributed by atoms with van der Waals surface area (Å²) < 4.78 is 2.15. The number of aromatic nitrogens is 1. The zero-order valence-electron chi connectivity index (χ0n) is 8.13. The van der Waals surface area contributed by atoms with Gasteiger partial charge < -0.3 is 0 Å². The lowest BCUT2D eigenvalue weighted by Gasteiger charge is -1.97. The molecular formula is C13H10NS+. The second-order valence-electron chi connectivity index (χ2n) is 3.39. The Morgan fingerprint density at radius 3 is 2.67 bits per heavy atom. The molecule has 3 aromatic rings. The van der Waals surface area contributed by atoms with Crippen LogP contribution in [0.5, 0.6) is 0 Å². The smallest absolute Gasteiger partial charge is 0.167 e. The lowest BCUT2D eigenvalue weighted by molar-refractivity contribution is -0.511. The van der Waals surface area contributed by atoms with Crippen molar-refractivity contribution in [2.45, 2.75) is 0 Å². The summed E-state index contributed by atoms with van der Waals surface area (Å²) >= 11 is 1.78. The van der Waals surface area contributed by atoms with E-state index in [1.165, 1.54) is 16.0 Å². The second-order valence-corrected chi connectivity index (χ2v) is 4.34. The van der Waals surface area contributed by atoms with Crippen LogP contribution in [-0.4, -0.2) is 0 Å². The van der Waals surface area contributed by atoms with E-state index in [1.54, 1.807) is 11.3 Å². The van der Waals surface area contributed by atoms with Crippen molar-refractivity contribution in [2.75, 3.05) is 0 Å². The van der Waals surface area contributed by atoms with Crippen LogP contribution in [0.25, 0.3) is 16.0 Å². The van der Waals surface area contributed by atoms with Crippen LogP contribution >= 0.6 is 11.3 Å². The van der Waals surface area contributed by atoms with Crippen molar-refractivity contribution in [1.82, 2.24) is 0 Å². The van der Waals surface area contributed by atoms with Gasteiger partial charge in [0.05, 0.1) is 5.56 Å². The Labute approximate surface area is 92.3 Å². The van der Waals surface area contributed by atoms with Gasteiger partial charge in [-0.05, 0) is 23.6 Å². The summed E-state index contributed by atoms with van der Waals surface area (Å²) in [5.74, 6) is 0. The molecule has 3 aromatic heterocycles. The molecule has 0 saturated heterocycles. The van der Waals surface area contributed by atoms with E-state index in [1.807, 2.05) is 6.07 Å². The van der Waals surface area contributed by atoms with Crippen LogP contribution in [0, 0.1) is 0 Å². The minimum absolute atomic E-state index is 1.25. The Balaban J connectivity index is 2.36. The fraction of sp³-hybridized carbons (Fsp3) is 0. The molecule has 0 aliphatic heterocycles. The number of rotatable bonds is 1. The molecular weight excluding hydrogens is 202 g/mol. The topological polar surface area (TPSA) is 4.10 Å². The van der Waals surface area contributed by atoms with Crippen LogP contribution in [-0.2, 0) is 0 Å². The first-order valence-electron chi connectivity index (χ1n) is 4.88. The predicted octanol–water partition coefficient (Wildman–Crippen LogP) is 3.15. The highest BCUT2D eigenvalue weighted by Gasteiger charge is 2.09. The summed E-state index contributed by atoms with van der Waals surface area (Å²) in [6.45, 7) is 0. The Morgan fingerprint density at radius 1 is 0.867 bits per heavy atom. The lowest BCUT2D eigenvalue weighted by Crippen LogP contribution is -2.20. The van der Waals surface area contributed by atoms with Gasteiger partial charge in [-0.15, -0.1) is 11.3 Å². The summed E-state index contributed by atoms with van der Waals surface area (Å²) in [7, 11) is 0. The molecule has 2 heteroatoms. The monoisotopic (exact) mass is 212 g/mol. The molecule has 0 N–H and O–H groups in total. The minimum atomic E-state index is 1.25. The number of nitrogens with zero attached hydrogens (tertiary/aromatic N) is 1. The minimum Gasteiger partial charge on any atom is -0.167 e. The van der Waals surface area contributed by atoms with Crippen molar-refractivity contribution in [3.63, 3.8) is 0 Å². The molecule has 0 aromatic carbocycles. The number of thiophene rings is 1. The number of hydrogen-bond donors (Lipinski definition) is 0. The molecule has 1 nitrogen and oxygen atoms in total. The summed E-state index contributed by atoms with van der Waals surface area (Å²) in [4.78, 5) is 1.32. The highest BCUT2D eigenvalue weighted by atomic mass is 32.1. The molecule has 0 aliphatic rings. The van der Waals surface area contributed by atoms with E-state index in [9.17, 15) is 0 Å². The highest BCUT2D eigenvalue weighted by molar-refractivity contribution is 7.13. The zero-order chi connectivity index (χ0) is 10.1. The molecule has 0 unspecified atom stereocenters. The van der Waals surface area contributed by atoms with Crippen molar-refractivity contribution >= 4 is 16.9 Å². The van der Waals surface area contributed by atoms with Crippen molar-refractivity contribution in [2.24, 2.45) is 0 Å². The SMILES string of the molecule is c1csc(-c2ccc[n+]3ccccc23)c1. The number of fused-ring (bicyclic) bond motifs is 1. The second kappa shape index (κ2) is 3.48. The van der Waals surface area contributed by atoms with Crippen LogP contribution in [0.4, 0.5) is 0 Å². The fourth-order valence-corrected chi connectivity index (χ4v) is 2.53. The first-order chi connectivity index (χ1) is 7.45. The average molecular weight is 212 g/mol. The van der Waals surface area contributed by atoms with Gasteiger partial charge in [-0.25, -0.2) is 0 Å². The van der Waals surface area contributed by atoms with E-state index < -0.39 is 0 Å². The molecule has 0 spiro atoms. The van der Waals surface area contributed by atoms with Gasteiger partial charge in [0, 0.05) is 23.1 Å². The third-order valence-electron chi connectivity index (χ3n) is 2.46. The molecule has 72 valence electrons. The van der Waals surface area contributed by atoms with E-state index in [4.69, 9.17) is 0 Å². The molecule has 15 heavy (non-hydrogen) atoms. The quantitative estimate of drug-likeness (QED) is 0.546. The summed E-state index contributed by atoms with van der Waals surface area (Å²) in [6, 6.07) is 14.8. The summed E-state index contributed by atoms with van der Waals surface area (Å²) in [5.41, 5.74) is 2.55. The van der Waals surface area contributed by atoms with Gasteiger partial charge in [-0.2, -0.15) is 4.40 Å². The summed E-state index contributed by atoms with van der Waals surface area (Å²) in [5, 5.41) is 2.11. The molecule has 0 bridgehead atoms. The van der Waals surface area contributed by atoms with Gasteiger partial charge in [0.15, 0.2) is 12.4 Å². The van der Waals surface area contributed by atoms with Gasteiger partial charge in [-0.3, -0.25) is 0 Å². The maximum Gasteiger partial charge on any atom is 0.219 e. The molecule has 3 heterocycles. The Hall–Kier alpha value is -1.67. The normalized spacial score (nSPS) is 10.7. The first-order valence-corrected chi connectivity index (χ1v) is 5.76. The van der Waals surface area contributed by atoms with Crippen molar-refractivity contribution in [1.29, 1.82) is 0 Å². The molecule has 0 amide bonds. The van der Waals surface area contributed by atoms with Crippen LogP contribution in [0.2, 0.25) is 0 Å². The highest BCUT2D eigenvalue weighted by Crippen LogP contribution is 2.26. The zero-order valence-corrected chi connectivity index (χ0v) is 8.95. The van der Waals surface area contributed by atoms with E-state index in [0.29, 0.717) is 0 Å². The van der Waals surface area contributed by atoms with Crippen molar-refractivity contribution < 1.29 is 4.40 Å². The molecule has 0 aliphatic carbocycles. The van der Waals surface area contributed by atoms with Gasteiger partial charge in [0.1, 0.15) is 0 Å². The van der Waals surface area contributed by atoms with Crippen LogP contribution < -0.4 is 4.40 Å². The Kier molecular flexibility index (Phi) is 2.00.